The van der Waals surface area contributed by atoms with Crippen molar-refractivity contribution in [3.05, 3.63) is 24.0 Å². The van der Waals surface area contributed by atoms with Crippen molar-refractivity contribution >= 4 is 0 Å². The lowest BCUT2D eigenvalue weighted by Crippen LogP contribution is -2.35. The Morgan fingerprint density at radius 2 is 2.11 bits per heavy atom. The van der Waals surface area contributed by atoms with Crippen molar-refractivity contribution < 1.29 is 4.74 Å². The first-order valence-corrected chi connectivity index (χ1v) is 7.33. The molecule has 0 radical (unpaired) electrons. The van der Waals surface area contributed by atoms with Gasteiger partial charge in [0.2, 0.25) is 0 Å². The number of nitrogens with one attached hydrogen (secondary N) is 1. The molecule has 4 heteroatoms. The highest BCUT2D eigenvalue weighted by Crippen LogP contribution is 2.24. The number of pyridine rings is 1. The van der Waals surface area contributed by atoms with Crippen molar-refractivity contribution in [1.29, 1.82) is 0 Å². The van der Waals surface area contributed by atoms with Crippen LogP contribution in [0.5, 0.6) is 5.75 Å². The predicted octanol–water partition coefficient (Wildman–Crippen LogP) is 1.81. The molecular formula is C15H23N3O. The lowest BCUT2D eigenvalue weighted by atomic mass is 10.1. The summed E-state index contributed by atoms with van der Waals surface area (Å²) in [6.07, 6.45) is 8.92. The zero-order valence-electron chi connectivity index (χ0n) is 11.6. The molecule has 1 aliphatic carbocycles. The maximum absolute atomic E-state index is 6.16. The van der Waals surface area contributed by atoms with E-state index in [1.54, 1.807) is 0 Å². The molecule has 1 aromatic rings. The average molecular weight is 261 g/mol. The fourth-order valence-electron chi connectivity index (χ4n) is 2.48. The summed E-state index contributed by atoms with van der Waals surface area (Å²) in [5.41, 5.74) is 1.24. The third-order valence-corrected chi connectivity index (χ3v) is 3.99. The van der Waals surface area contributed by atoms with Gasteiger partial charge < -0.3 is 15.0 Å². The number of rotatable bonds is 5. The van der Waals surface area contributed by atoms with E-state index in [0.29, 0.717) is 6.10 Å². The topological polar surface area (TPSA) is 37.4 Å². The van der Waals surface area contributed by atoms with Crippen LogP contribution in [0, 0.1) is 0 Å². The Hall–Kier alpha value is -1.13. The van der Waals surface area contributed by atoms with Crippen LogP contribution in [0.3, 0.4) is 0 Å². The second-order valence-electron chi connectivity index (χ2n) is 5.76. The van der Waals surface area contributed by atoms with Crippen LogP contribution in [0.4, 0.5) is 0 Å². The highest BCUT2D eigenvalue weighted by molar-refractivity contribution is 5.30. The standard InChI is InChI=1S/C15H23N3O/c1-18-8-5-14(6-9-18)19-15-11-16-7-4-12(15)10-17-13-2-3-13/h4,7,11,13-14,17H,2-3,5-6,8-10H2,1H3. The number of hydrogen-bond donors (Lipinski definition) is 1. The third kappa shape index (κ3) is 3.67. The first-order valence-electron chi connectivity index (χ1n) is 7.33. The van der Waals surface area contributed by atoms with Crippen LogP contribution in [-0.4, -0.2) is 42.2 Å². The summed E-state index contributed by atoms with van der Waals surface area (Å²) in [7, 11) is 2.17. The Morgan fingerprint density at radius 3 is 2.84 bits per heavy atom. The number of ether oxygens (including phenoxy) is 1. The monoisotopic (exact) mass is 261 g/mol. The van der Waals surface area contributed by atoms with E-state index in [0.717, 1.165) is 44.3 Å². The highest BCUT2D eigenvalue weighted by atomic mass is 16.5. The summed E-state index contributed by atoms with van der Waals surface area (Å²) in [5, 5.41) is 3.54. The lowest BCUT2D eigenvalue weighted by molar-refractivity contribution is 0.113. The normalized spacial score (nSPS) is 21.5. The molecule has 104 valence electrons. The van der Waals surface area contributed by atoms with Crippen molar-refractivity contribution in [1.82, 2.24) is 15.2 Å². The maximum Gasteiger partial charge on any atom is 0.142 e. The molecule has 0 amide bonds. The molecule has 1 N–H and O–H groups in total. The summed E-state index contributed by atoms with van der Waals surface area (Å²) in [6, 6.07) is 2.80. The van der Waals surface area contributed by atoms with E-state index in [1.807, 2.05) is 12.4 Å². The van der Waals surface area contributed by atoms with E-state index in [4.69, 9.17) is 4.74 Å². The maximum atomic E-state index is 6.16. The number of hydrogen-bond acceptors (Lipinski definition) is 4. The van der Waals surface area contributed by atoms with Crippen molar-refractivity contribution in [3.8, 4) is 5.75 Å². The molecule has 19 heavy (non-hydrogen) atoms. The largest absolute Gasteiger partial charge is 0.488 e. The molecule has 1 aliphatic heterocycles. The average Bonchev–Trinajstić information content (AvgIpc) is 3.25. The zero-order valence-corrected chi connectivity index (χ0v) is 11.6. The Bertz CT molecular complexity index is 412. The van der Waals surface area contributed by atoms with Gasteiger partial charge >= 0.3 is 0 Å². The highest BCUT2D eigenvalue weighted by Gasteiger charge is 2.22. The predicted molar refractivity (Wildman–Crippen MR) is 75.2 cm³/mol. The third-order valence-electron chi connectivity index (χ3n) is 3.99. The molecule has 1 aromatic heterocycles. The summed E-state index contributed by atoms with van der Waals surface area (Å²) in [5.74, 6) is 0.963. The van der Waals surface area contributed by atoms with Gasteiger partial charge in [-0.15, -0.1) is 0 Å². The molecule has 0 atom stereocenters. The summed E-state index contributed by atoms with van der Waals surface area (Å²) >= 11 is 0. The molecule has 1 saturated carbocycles. The Balaban J connectivity index is 1.59. The molecule has 2 fully saturated rings. The van der Waals surface area contributed by atoms with Gasteiger partial charge in [0.25, 0.3) is 0 Å². The van der Waals surface area contributed by atoms with Crippen LogP contribution >= 0.6 is 0 Å². The van der Waals surface area contributed by atoms with Crippen LogP contribution in [0.15, 0.2) is 18.5 Å². The van der Waals surface area contributed by atoms with Gasteiger partial charge in [0, 0.05) is 37.4 Å². The molecular weight excluding hydrogens is 238 g/mol. The smallest absolute Gasteiger partial charge is 0.142 e. The molecule has 0 aromatic carbocycles. The van der Waals surface area contributed by atoms with Crippen LogP contribution in [0.25, 0.3) is 0 Å². The van der Waals surface area contributed by atoms with Crippen LogP contribution in [0.2, 0.25) is 0 Å². The molecule has 2 heterocycles. The van der Waals surface area contributed by atoms with E-state index < -0.39 is 0 Å². The zero-order chi connectivity index (χ0) is 13.1. The quantitative estimate of drug-likeness (QED) is 0.877. The van der Waals surface area contributed by atoms with Crippen molar-refractivity contribution in [2.45, 2.75) is 44.4 Å². The SMILES string of the molecule is CN1CCC(Oc2cnccc2CNC2CC2)CC1. The van der Waals surface area contributed by atoms with Crippen LogP contribution in [-0.2, 0) is 6.54 Å². The molecule has 3 rings (SSSR count). The Morgan fingerprint density at radius 1 is 1.32 bits per heavy atom. The van der Waals surface area contributed by atoms with E-state index in [1.165, 1.54) is 18.4 Å². The van der Waals surface area contributed by atoms with E-state index in [2.05, 4.69) is 28.3 Å². The molecule has 0 unspecified atom stereocenters. The summed E-state index contributed by atoms with van der Waals surface area (Å²) in [6.45, 7) is 3.15. The number of piperidine rings is 1. The van der Waals surface area contributed by atoms with E-state index in [-0.39, 0.29) is 0 Å². The second kappa shape index (κ2) is 5.88. The molecule has 0 spiro atoms. The van der Waals surface area contributed by atoms with Gasteiger partial charge in [-0.1, -0.05) is 0 Å². The summed E-state index contributed by atoms with van der Waals surface area (Å²) < 4.78 is 6.16. The van der Waals surface area contributed by atoms with Gasteiger partial charge in [-0.2, -0.15) is 0 Å². The number of likely N-dealkylation sites (tertiary alicyclic amines) is 1. The lowest BCUT2D eigenvalue weighted by Gasteiger charge is -2.29. The first kappa shape index (κ1) is 12.9. The van der Waals surface area contributed by atoms with Gasteiger partial charge in [0.15, 0.2) is 0 Å². The van der Waals surface area contributed by atoms with Gasteiger partial charge in [-0.3, -0.25) is 4.98 Å². The fourth-order valence-corrected chi connectivity index (χ4v) is 2.48. The second-order valence-corrected chi connectivity index (χ2v) is 5.76. The van der Waals surface area contributed by atoms with Gasteiger partial charge in [0.05, 0.1) is 6.20 Å². The van der Waals surface area contributed by atoms with Crippen molar-refractivity contribution in [2.24, 2.45) is 0 Å². The minimum Gasteiger partial charge on any atom is -0.488 e. The van der Waals surface area contributed by atoms with Gasteiger partial charge in [-0.25, -0.2) is 0 Å². The minimum absolute atomic E-state index is 0.347. The minimum atomic E-state index is 0.347. The molecule has 0 bridgehead atoms. The Kier molecular flexibility index (Phi) is 3.99. The van der Waals surface area contributed by atoms with Gasteiger partial charge in [0.1, 0.15) is 11.9 Å². The fraction of sp³-hybridized carbons (Fsp3) is 0.667. The van der Waals surface area contributed by atoms with Crippen LogP contribution < -0.4 is 10.1 Å². The molecule has 4 nitrogen and oxygen atoms in total. The molecule has 2 aliphatic rings. The van der Waals surface area contributed by atoms with E-state index >= 15 is 0 Å². The van der Waals surface area contributed by atoms with Crippen molar-refractivity contribution in [2.75, 3.05) is 20.1 Å². The number of nitrogens with zero attached hydrogens (tertiary/aromatic N) is 2. The van der Waals surface area contributed by atoms with Crippen LogP contribution in [0.1, 0.15) is 31.2 Å². The molecule has 1 saturated heterocycles. The Labute approximate surface area is 115 Å². The van der Waals surface area contributed by atoms with Gasteiger partial charge in [-0.05, 0) is 38.8 Å². The first-order chi connectivity index (χ1) is 9.31. The van der Waals surface area contributed by atoms with E-state index in [9.17, 15) is 0 Å². The number of aromatic nitrogens is 1. The summed E-state index contributed by atoms with van der Waals surface area (Å²) in [4.78, 5) is 6.57. The van der Waals surface area contributed by atoms with Crippen molar-refractivity contribution in [3.63, 3.8) is 0 Å².